The van der Waals surface area contributed by atoms with Gasteiger partial charge in [-0.25, -0.2) is 4.57 Å². The van der Waals surface area contributed by atoms with Gasteiger partial charge in [-0.05, 0) is 12.8 Å². The fourth-order valence-electron chi connectivity index (χ4n) is 2.16. The smallest absolute Gasteiger partial charge is 0.300 e. The molecule has 0 bridgehead atoms. The number of hydrogen-bond donors (Lipinski definition) is 0. The maximum atomic E-state index is 12.4. The molecule has 0 amide bonds. The second-order valence-corrected chi connectivity index (χ2v) is 10.5. The minimum Gasteiger partial charge on any atom is -0.300 e. The van der Waals surface area contributed by atoms with Crippen LogP contribution in [0.1, 0.15) is 46.0 Å². The second-order valence-electron chi connectivity index (χ2n) is 5.90. The van der Waals surface area contributed by atoms with Crippen LogP contribution in [0.2, 0.25) is 0 Å². The number of hydrogen-bond acceptors (Lipinski definition) is 5. The van der Waals surface area contributed by atoms with Crippen molar-refractivity contribution in [3.8, 4) is 0 Å². The minimum absolute atomic E-state index is 0.0546. The first-order valence-corrected chi connectivity index (χ1v) is 9.90. The molecule has 2 aliphatic rings. The Morgan fingerprint density at radius 2 is 1.78 bits per heavy atom. The van der Waals surface area contributed by atoms with E-state index >= 15 is 0 Å². The van der Waals surface area contributed by atoms with Gasteiger partial charge >= 0.3 is 6.80 Å². The molecule has 0 radical (unpaired) electrons. The van der Waals surface area contributed by atoms with Gasteiger partial charge in [-0.3, -0.25) is 9.05 Å². The summed E-state index contributed by atoms with van der Waals surface area (Å²) in [4.78, 5) is 0. The largest absolute Gasteiger partial charge is 0.394 e. The molecule has 1 aliphatic heterocycles. The summed E-state index contributed by atoms with van der Waals surface area (Å²) in [5, 5.41) is 0. The van der Waals surface area contributed by atoms with Gasteiger partial charge in [0.15, 0.2) is 0 Å². The van der Waals surface area contributed by atoms with Crippen LogP contribution in [0.15, 0.2) is 0 Å². The van der Waals surface area contributed by atoms with E-state index < -0.39 is 6.80 Å². The molecule has 6 heteroatoms. The van der Waals surface area contributed by atoms with Crippen LogP contribution in [0.25, 0.3) is 0 Å². The van der Waals surface area contributed by atoms with Crippen LogP contribution in [0.5, 0.6) is 0 Å². The molecule has 0 aromatic rings. The van der Waals surface area contributed by atoms with Gasteiger partial charge in [0.25, 0.3) is 0 Å². The van der Waals surface area contributed by atoms with Crippen LogP contribution in [0.4, 0.5) is 0 Å². The van der Waals surface area contributed by atoms with Crippen molar-refractivity contribution in [3.63, 3.8) is 0 Å². The summed E-state index contributed by atoms with van der Waals surface area (Å²) in [6, 6.07) is 0. The molecular weight excluding hydrogens is 287 g/mol. The van der Waals surface area contributed by atoms with Gasteiger partial charge in [0, 0.05) is 22.7 Å². The monoisotopic (exact) mass is 308 g/mol. The zero-order valence-corrected chi connectivity index (χ0v) is 13.5. The molecule has 0 aromatic carbocycles. The summed E-state index contributed by atoms with van der Waals surface area (Å²) in [5.74, 6) is 0.409. The van der Waals surface area contributed by atoms with Gasteiger partial charge in [-0.15, -0.1) is 0 Å². The molecule has 0 atom stereocenters. The Hall–Kier alpha value is 0.590. The Bertz CT molecular complexity index is 350. The van der Waals surface area contributed by atoms with Crippen molar-refractivity contribution in [2.75, 3.05) is 13.2 Å². The molecule has 2 fully saturated rings. The SMILES string of the molecule is CC1(C)COP(=O)(SC(=S)C2CCCCC2)OC1. The molecular formula is C12H21O3PS2. The van der Waals surface area contributed by atoms with Crippen molar-refractivity contribution < 1.29 is 13.6 Å². The molecule has 3 nitrogen and oxygen atoms in total. The second kappa shape index (κ2) is 5.92. The van der Waals surface area contributed by atoms with Crippen LogP contribution in [-0.2, 0) is 13.6 Å². The zero-order chi connectivity index (χ0) is 13.2. The fourth-order valence-corrected chi connectivity index (χ4v) is 6.76. The Kier molecular flexibility index (Phi) is 4.93. The summed E-state index contributed by atoms with van der Waals surface area (Å²) < 4.78 is 24.1. The lowest BCUT2D eigenvalue weighted by Gasteiger charge is -2.34. The predicted octanol–water partition coefficient (Wildman–Crippen LogP) is 4.81. The van der Waals surface area contributed by atoms with Gasteiger partial charge in [0.2, 0.25) is 0 Å². The molecule has 18 heavy (non-hydrogen) atoms. The maximum Gasteiger partial charge on any atom is 0.394 e. The van der Waals surface area contributed by atoms with E-state index in [1.54, 1.807) is 0 Å². The zero-order valence-electron chi connectivity index (χ0n) is 11.0. The topological polar surface area (TPSA) is 35.5 Å². The Morgan fingerprint density at radius 1 is 1.22 bits per heavy atom. The molecule has 0 unspecified atom stereocenters. The van der Waals surface area contributed by atoms with Crippen molar-refractivity contribution in [2.45, 2.75) is 46.0 Å². The molecule has 2 rings (SSSR count). The van der Waals surface area contributed by atoms with Crippen LogP contribution in [-0.4, -0.2) is 17.4 Å². The van der Waals surface area contributed by atoms with Crippen molar-refractivity contribution in [3.05, 3.63) is 0 Å². The first-order valence-electron chi connectivity index (χ1n) is 6.53. The molecule has 1 saturated carbocycles. The van der Waals surface area contributed by atoms with E-state index in [1.165, 1.54) is 30.6 Å². The highest BCUT2D eigenvalue weighted by Crippen LogP contribution is 2.65. The van der Waals surface area contributed by atoms with Crippen LogP contribution in [0, 0.1) is 11.3 Å². The van der Waals surface area contributed by atoms with Gasteiger partial charge in [-0.1, -0.05) is 45.3 Å². The van der Waals surface area contributed by atoms with Crippen LogP contribution < -0.4 is 0 Å². The van der Waals surface area contributed by atoms with Gasteiger partial charge < -0.3 is 0 Å². The fraction of sp³-hybridized carbons (Fsp3) is 0.917. The molecule has 1 heterocycles. The summed E-state index contributed by atoms with van der Waals surface area (Å²) in [6.45, 7) is 2.00. The third kappa shape index (κ3) is 4.04. The molecule has 0 aromatic heterocycles. The highest BCUT2D eigenvalue weighted by molar-refractivity contribution is 8.65. The third-order valence-corrected chi connectivity index (χ3v) is 7.84. The van der Waals surface area contributed by atoms with Gasteiger partial charge in [0.1, 0.15) is 0 Å². The first kappa shape index (κ1) is 15.0. The van der Waals surface area contributed by atoms with Crippen LogP contribution in [0.3, 0.4) is 0 Å². The highest BCUT2D eigenvalue weighted by atomic mass is 32.7. The van der Waals surface area contributed by atoms with E-state index in [9.17, 15) is 4.57 Å². The molecule has 1 saturated heterocycles. The molecule has 104 valence electrons. The average molecular weight is 308 g/mol. The van der Waals surface area contributed by atoms with Crippen molar-refractivity contribution in [1.29, 1.82) is 0 Å². The lowest BCUT2D eigenvalue weighted by molar-refractivity contribution is 0.0502. The van der Waals surface area contributed by atoms with E-state index in [1.807, 2.05) is 13.8 Å². The summed E-state index contributed by atoms with van der Waals surface area (Å²) in [5.41, 5.74) is -0.0546. The van der Waals surface area contributed by atoms with E-state index in [-0.39, 0.29) is 5.41 Å². The van der Waals surface area contributed by atoms with E-state index in [4.69, 9.17) is 21.3 Å². The van der Waals surface area contributed by atoms with Gasteiger partial charge in [-0.2, -0.15) is 0 Å². The maximum absolute atomic E-state index is 12.4. The summed E-state index contributed by atoms with van der Waals surface area (Å²) in [7, 11) is 0. The molecule has 0 N–H and O–H groups in total. The third-order valence-electron chi connectivity index (χ3n) is 3.37. The number of thiocarbonyl (C=S) groups is 1. The summed E-state index contributed by atoms with van der Waals surface area (Å²) >= 11 is 6.59. The van der Waals surface area contributed by atoms with E-state index in [0.717, 1.165) is 17.0 Å². The molecule has 1 aliphatic carbocycles. The first-order chi connectivity index (χ1) is 8.40. The number of rotatable bonds is 2. The standard InChI is InChI=1S/C12H21O3PS2/c1-12(2)8-14-16(13,15-9-12)18-11(17)10-6-4-3-5-7-10/h10H,3-9H2,1-2H3. The van der Waals surface area contributed by atoms with Crippen LogP contribution >= 0.6 is 30.4 Å². The minimum atomic E-state index is -3.04. The average Bonchev–Trinajstić information content (AvgIpc) is 2.35. The molecule has 0 spiro atoms. The van der Waals surface area contributed by atoms with Gasteiger partial charge in [0.05, 0.1) is 17.4 Å². The Balaban J connectivity index is 1.88. The Morgan fingerprint density at radius 3 is 2.33 bits per heavy atom. The quantitative estimate of drug-likeness (QED) is 0.540. The Labute approximate surface area is 119 Å². The van der Waals surface area contributed by atoms with Crippen molar-refractivity contribution >= 4 is 34.6 Å². The van der Waals surface area contributed by atoms with Crippen molar-refractivity contribution in [1.82, 2.24) is 0 Å². The van der Waals surface area contributed by atoms with Crippen molar-refractivity contribution in [2.24, 2.45) is 11.3 Å². The lowest BCUT2D eigenvalue weighted by Crippen LogP contribution is -2.29. The summed E-state index contributed by atoms with van der Waals surface area (Å²) in [6.07, 6.45) is 5.99. The normalized spacial score (nSPS) is 27.9. The lowest BCUT2D eigenvalue weighted by atomic mass is 9.91. The highest BCUT2D eigenvalue weighted by Gasteiger charge is 2.39. The predicted molar refractivity (Wildman–Crippen MR) is 80.1 cm³/mol. The van der Waals surface area contributed by atoms with E-state index in [2.05, 4.69) is 0 Å². The van der Waals surface area contributed by atoms with E-state index in [0.29, 0.717) is 19.1 Å².